The minimum atomic E-state index is 0.0166. The Kier molecular flexibility index (Phi) is 3.53. The Balaban J connectivity index is 2.62. The van der Waals surface area contributed by atoms with E-state index < -0.39 is 0 Å². The van der Waals surface area contributed by atoms with Gasteiger partial charge in [0, 0.05) is 17.2 Å². The predicted molar refractivity (Wildman–Crippen MR) is 73.4 cm³/mol. The average molecular weight is 249 g/mol. The molecule has 0 spiro atoms. The predicted octanol–water partition coefficient (Wildman–Crippen LogP) is 3.17. The molecule has 3 heteroatoms. The number of rotatable bonds is 1. The highest BCUT2D eigenvalue weighted by molar-refractivity contribution is 5.51. The molecule has 0 unspecified atom stereocenters. The third kappa shape index (κ3) is 2.46. The molecule has 100 valence electrons. The number of fused-ring (bicyclic) bond motifs is 1. The Bertz CT molecular complexity index is 435. The molecule has 0 amide bonds. The molecule has 2 N–H and O–H groups in total. The molecule has 1 aliphatic rings. The molecule has 0 saturated carbocycles. The van der Waals surface area contributed by atoms with Crippen LogP contribution in [0.5, 0.6) is 11.5 Å². The van der Waals surface area contributed by atoms with Crippen molar-refractivity contribution in [3.05, 3.63) is 23.3 Å². The fourth-order valence-electron chi connectivity index (χ4n) is 2.37. The van der Waals surface area contributed by atoms with E-state index in [4.69, 9.17) is 15.2 Å². The van der Waals surface area contributed by atoms with Gasteiger partial charge in [0.1, 0.15) is 11.5 Å². The third-order valence-electron chi connectivity index (χ3n) is 3.44. The summed E-state index contributed by atoms with van der Waals surface area (Å²) < 4.78 is 11.3. The largest absolute Gasteiger partial charge is 0.497 e. The number of benzene rings is 1. The van der Waals surface area contributed by atoms with E-state index in [0.29, 0.717) is 0 Å². The summed E-state index contributed by atoms with van der Waals surface area (Å²) in [6.07, 6.45) is 1.96. The van der Waals surface area contributed by atoms with Gasteiger partial charge in [-0.2, -0.15) is 0 Å². The van der Waals surface area contributed by atoms with Crippen molar-refractivity contribution in [3.8, 4) is 11.5 Å². The van der Waals surface area contributed by atoms with Gasteiger partial charge in [0.2, 0.25) is 0 Å². The van der Waals surface area contributed by atoms with Gasteiger partial charge in [0.25, 0.3) is 0 Å². The molecule has 0 fully saturated rings. The minimum Gasteiger partial charge on any atom is -0.497 e. The van der Waals surface area contributed by atoms with Gasteiger partial charge < -0.3 is 15.2 Å². The Labute approximate surface area is 109 Å². The molecular formula is C15H23NO2. The Hall–Kier alpha value is -1.22. The smallest absolute Gasteiger partial charge is 0.128 e. The van der Waals surface area contributed by atoms with Gasteiger partial charge in [-0.05, 0) is 30.4 Å². The molecule has 0 saturated heterocycles. The fourth-order valence-corrected chi connectivity index (χ4v) is 2.37. The van der Waals surface area contributed by atoms with Crippen molar-refractivity contribution in [2.75, 3.05) is 13.7 Å². The van der Waals surface area contributed by atoms with Crippen LogP contribution < -0.4 is 15.2 Å². The van der Waals surface area contributed by atoms with Crippen LogP contribution in [-0.2, 0) is 5.41 Å². The zero-order chi connectivity index (χ0) is 13.3. The van der Waals surface area contributed by atoms with Crippen molar-refractivity contribution >= 4 is 0 Å². The zero-order valence-electron chi connectivity index (χ0n) is 11.7. The summed E-state index contributed by atoms with van der Waals surface area (Å²) in [5.41, 5.74) is 8.52. The molecule has 3 nitrogen and oxygen atoms in total. The van der Waals surface area contributed by atoms with Gasteiger partial charge in [-0.15, -0.1) is 0 Å². The van der Waals surface area contributed by atoms with Crippen molar-refractivity contribution in [2.45, 2.75) is 45.1 Å². The first-order valence-electron chi connectivity index (χ1n) is 6.54. The van der Waals surface area contributed by atoms with Gasteiger partial charge in [-0.3, -0.25) is 0 Å². The van der Waals surface area contributed by atoms with Crippen molar-refractivity contribution in [1.82, 2.24) is 0 Å². The molecule has 0 aliphatic carbocycles. The number of hydrogen-bond acceptors (Lipinski definition) is 3. The molecular weight excluding hydrogens is 226 g/mol. The third-order valence-corrected chi connectivity index (χ3v) is 3.44. The summed E-state index contributed by atoms with van der Waals surface area (Å²) in [5.74, 6) is 1.83. The average Bonchev–Trinajstić information content (AvgIpc) is 2.49. The Morgan fingerprint density at radius 3 is 2.67 bits per heavy atom. The van der Waals surface area contributed by atoms with E-state index in [9.17, 15) is 0 Å². The van der Waals surface area contributed by atoms with Crippen molar-refractivity contribution in [2.24, 2.45) is 5.73 Å². The van der Waals surface area contributed by atoms with E-state index >= 15 is 0 Å². The topological polar surface area (TPSA) is 44.5 Å². The molecule has 1 aromatic rings. The normalized spacial score (nSPS) is 19.7. The lowest BCUT2D eigenvalue weighted by Crippen LogP contribution is -2.16. The first kappa shape index (κ1) is 13.2. The monoisotopic (exact) mass is 249 g/mol. The lowest BCUT2D eigenvalue weighted by molar-refractivity contribution is 0.307. The van der Waals surface area contributed by atoms with E-state index in [1.54, 1.807) is 7.11 Å². The van der Waals surface area contributed by atoms with Crippen LogP contribution in [-0.4, -0.2) is 13.7 Å². The molecule has 0 radical (unpaired) electrons. The lowest BCUT2D eigenvalue weighted by Gasteiger charge is -2.25. The molecule has 18 heavy (non-hydrogen) atoms. The van der Waals surface area contributed by atoms with Crippen LogP contribution in [0.25, 0.3) is 0 Å². The highest BCUT2D eigenvalue weighted by Crippen LogP contribution is 2.41. The number of nitrogens with two attached hydrogens (primary N) is 1. The van der Waals surface area contributed by atoms with Gasteiger partial charge in [0.15, 0.2) is 0 Å². The van der Waals surface area contributed by atoms with Crippen LogP contribution in [0.2, 0.25) is 0 Å². The molecule has 1 heterocycles. The fraction of sp³-hybridized carbons (Fsp3) is 0.600. The Morgan fingerprint density at radius 1 is 1.33 bits per heavy atom. The number of methoxy groups -OCH3 is 1. The molecule has 2 rings (SSSR count). The van der Waals surface area contributed by atoms with Gasteiger partial charge >= 0.3 is 0 Å². The van der Waals surface area contributed by atoms with Crippen LogP contribution in [0, 0.1) is 0 Å². The SMILES string of the molecule is COc1cc2c(c(C(C)(C)C)c1)OCCC[C@@H]2N. The first-order valence-corrected chi connectivity index (χ1v) is 6.54. The van der Waals surface area contributed by atoms with Crippen molar-refractivity contribution in [1.29, 1.82) is 0 Å². The summed E-state index contributed by atoms with van der Waals surface area (Å²) >= 11 is 0. The van der Waals surface area contributed by atoms with Crippen LogP contribution in [0.15, 0.2) is 12.1 Å². The van der Waals surface area contributed by atoms with Crippen LogP contribution in [0.3, 0.4) is 0 Å². The lowest BCUT2D eigenvalue weighted by atomic mass is 9.84. The molecule has 1 aliphatic heterocycles. The first-order chi connectivity index (χ1) is 8.43. The zero-order valence-corrected chi connectivity index (χ0v) is 11.7. The molecule has 1 aromatic carbocycles. The summed E-state index contributed by atoms with van der Waals surface area (Å²) in [7, 11) is 1.69. The standard InChI is InChI=1S/C15H23NO2/c1-15(2,3)12-9-10(17-4)8-11-13(16)6-5-7-18-14(11)12/h8-9,13H,5-7,16H2,1-4H3/t13-/m0/s1. The quantitative estimate of drug-likeness (QED) is 0.831. The number of ether oxygens (including phenoxy) is 2. The second-order valence-corrected chi connectivity index (χ2v) is 5.94. The van der Waals surface area contributed by atoms with Gasteiger partial charge in [0.05, 0.1) is 13.7 Å². The van der Waals surface area contributed by atoms with Crippen molar-refractivity contribution in [3.63, 3.8) is 0 Å². The van der Waals surface area contributed by atoms with Crippen LogP contribution in [0.1, 0.15) is 50.8 Å². The van der Waals surface area contributed by atoms with E-state index in [1.807, 2.05) is 6.07 Å². The summed E-state index contributed by atoms with van der Waals surface area (Å²) in [4.78, 5) is 0. The minimum absolute atomic E-state index is 0.0166. The van der Waals surface area contributed by atoms with Crippen LogP contribution >= 0.6 is 0 Å². The highest BCUT2D eigenvalue weighted by Gasteiger charge is 2.26. The number of hydrogen-bond donors (Lipinski definition) is 1. The maximum absolute atomic E-state index is 6.25. The summed E-state index contributed by atoms with van der Waals surface area (Å²) in [5, 5.41) is 0. The molecule has 1 atom stereocenters. The van der Waals surface area contributed by atoms with E-state index in [1.165, 1.54) is 5.56 Å². The molecule has 0 aromatic heterocycles. The maximum atomic E-state index is 6.25. The van der Waals surface area contributed by atoms with Crippen molar-refractivity contribution < 1.29 is 9.47 Å². The summed E-state index contributed by atoms with van der Waals surface area (Å²) in [6.45, 7) is 7.29. The van der Waals surface area contributed by atoms with E-state index in [-0.39, 0.29) is 11.5 Å². The van der Waals surface area contributed by atoms with E-state index in [2.05, 4.69) is 26.8 Å². The molecule has 0 bridgehead atoms. The van der Waals surface area contributed by atoms with E-state index in [0.717, 1.165) is 36.5 Å². The van der Waals surface area contributed by atoms with Gasteiger partial charge in [-0.25, -0.2) is 0 Å². The second kappa shape index (κ2) is 4.81. The highest BCUT2D eigenvalue weighted by atomic mass is 16.5. The summed E-state index contributed by atoms with van der Waals surface area (Å²) in [6, 6.07) is 4.12. The van der Waals surface area contributed by atoms with Gasteiger partial charge in [-0.1, -0.05) is 20.8 Å². The maximum Gasteiger partial charge on any atom is 0.128 e. The Morgan fingerprint density at radius 2 is 2.06 bits per heavy atom. The van der Waals surface area contributed by atoms with Crippen LogP contribution in [0.4, 0.5) is 0 Å². The second-order valence-electron chi connectivity index (χ2n) is 5.94.